The molecule has 120 valence electrons. The van der Waals surface area contributed by atoms with Gasteiger partial charge in [0.1, 0.15) is 5.76 Å². The van der Waals surface area contributed by atoms with E-state index in [9.17, 15) is 9.59 Å². The first kappa shape index (κ1) is 15.3. The van der Waals surface area contributed by atoms with Gasteiger partial charge in [-0.3, -0.25) is 9.59 Å². The molecule has 0 bridgehead atoms. The summed E-state index contributed by atoms with van der Waals surface area (Å²) in [5.74, 6) is 0.375. The lowest BCUT2D eigenvalue weighted by molar-refractivity contribution is -0.129. The first-order valence-corrected chi connectivity index (χ1v) is 7.75. The molecule has 1 N–H and O–H groups in total. The zero-order chi connectivity index (χ0) is 16.2. The predicted molar refractivity (Wildman–Crippen MR) is 85.3 cm³/mol. The summed E-state index contributed by atoms with van der Waals surface area (Å²) in [6.45, 7) is 3.38. The second-order valence-electron chi connectivity index (χ2n) is 5.96. The van der Waals surface area contributed by atoms with Crippen LogP contribution in [0.5, 0.6) is 0 Å². The Morgan fingerprint density at radius 3 is 2.78 bits per heavy atom. The van der Waals surface area contributed by atoms with Crippen LogP contribution in [0.3, 0.4) is 0 Å². The Morgan fingerprint density at radius 2 is 2.09 bits per heavy atom. The van der Waals surface area contributed by atoms with Crippen molar-refractivity contribution in [3.05, 3.63) is 59.5 Å². The van der Waals surface area contributed by atoms with Crippen LogP contribution in [0.4, 0.5) is 0 Å². The van der Waals surface area contributed by atoms with E-state index in [-0.39, 0.29) is 24.2 Å². The molecule has 2 heterocycles. The number of carbonyl (C=O) groups excluding carboxylic acids is 2. The van der Waals surface area contributed by atoms with E-state index in [1.54, 1.807) is 17.2 Å². The van der Waals surface area contributed by atoms with Gasteiger partial charge in [0.15, 0.2) is 0 Å². The second-order valence-corrected chi connectivity index (χ2v) is 5.96. The highest BCUT2D eigenvalue weighted by Crippen LogP contribution is 2.20. The quantitative estimate of drug-likeness (QED) is 0.921. The summed E-state index contributed by atoms with van der Waals surface area (Å²) in [5, 5.41) is 2.92. The van der Waals surface area contributed by atoms with Crippen molar-refractivity contribution in [2.24, 2.45) is 5.92 Å². The largest absolute Gasteiger partial charge is 0.467 e. The minimum Gasteiger partial charge on any atom is -0.467 e. The van der Waals surface area contributed by atoms with Crippen LogP contribution in [0.15, 0.2) is 47.1 Å². The molecule has 0 saturated carbocycles. The fraction of sp³-hybridized carbons (Fsp3) is 0.333. The molecule has 1 fully saturated rings. The first-order chi connectivity index (χ1) is 11.1. The average Bonchev–Trinajstić information content (AvgIpc) is 3.17. The number of furan rings is 1. The fourth-order valence-corrected chi connectivity index (χ4v) is 2.73. The lowest BCUT2D eigenvalue weighted by Gasteiger charge is -2.15. The van der Waals surface area contributed by atoms with Crippen LogP contribution in [0.1, 0.15) is 23.3 Å². The molecule has 0 aliphatic carbocycles. The Morgan fingerprint density at radius 1 is 1.30 bits per heavy atom. The number of nitrogens with one attached hydrogen (secondary N) is 1. The lowest BCUT2D eigenvalue weighted by atomic mass is 10.1. The summed E-state index contributed by atoms with van der Waals surface area (Å²) >= 11 is 0. The van der Waals surface area contributed by atoms with Crippen molar-refractivity contribution in [3.8, 4) is 0 Å². The maximum atomic E-state index is 12.3. The normalized spacial score (nSPS) is 17.5. The topological polar surface area (TPSA) is 62.6 Å². The summed E-state index contributed by atoms with van der Waals surface area (Å²) in [6, 6.07) is 11.7. The highest BCUT2D eigenvalue weighted by molar-refractivity contribution is 5.89. The van der Waals surface area contributed by atoms with Crippen molar-refractivity contribution in [2.75, 3.05) is 6.54 Å². The molecular formula is C18H20N2O3. The molecule has 5 heteroatoms. The Labute approximate surface area is 135 Å². The van der Waals surface area contributed by atoms with E-state index in [0.717, 1.165) is 11.3 Å². The summed E-state index contributed by atoms with van der Waals surface area (Å²) < 4.78 is 5.26. The average molecular weight is 312 g/mol. The highest BCUT2D eigenvalue weighted by atomic mass is 16.3. The molecule has 23 heavy (non-hydrogen) atoms. The molecule has 0 radical (unpaired) electrons. The van der Waals surface area contributed by atoms with Gasteiger partial charge in [0.05, 0.1) is 18.7 Å². The summed E-state index contributed by atoms with van der Waals surface area (Å²) in [5.41, 5.74) is 2.25. The molecule has 1 atom stereocenters. The second kappa shape index (κ2) is 6.69. The van der Waals surface area contributed by atoms with E-state index in [4.69, 9.17) is 4.42 Å². The van der Waals surface area contributed by atoms with E-state index in [1.165, 1.54) is 5.56 Å². The third kappa shape index (κ3) is 3.80. The van der Waals surface area contributed by atoms with Gasteiger partial charge in [-0.2, -0.15) is 0 Å². The van der Waals surface area contributed by atoms with E-state index in [1.807, 2.05) is 37.3 Å². The number of aryl methyl sites for hydroxylation is 1. The third-order valence-electron chi connectivity index (χ3n) is 4.10. The van der Waals surface area contributed by atoms with Gasteiger partial charge in [0.25, 0.3) is 0 Å². The van der Waals surface area contributed by atoms with Crippen molar-refractivity contribution in [1.29, 1.82) is 0 Å². The molecular weight excluding hydrogens is 292 g/mol. The molecule has 3 rings (SSSR count). The van der Waals surface area contributed by atoms with Gasteiger partial charge < -0.3 is 14.6 Å². The summed E-state index contributed by atoms with van der Waals surface area (Å²) in [6.07, 6.45) is 1.85. The van der Waals surface area contributed by atoms with Crippen LogP contribution in [0.25, 0.3) is 0 Å². The predicted octanol–water partition coefficient (Wildman–Crippen LogP) is 2.25. The molecule has 0 unspecified atom stereocenters. The number of hydrogen-bond acceptors (Lipinski definition) is 3. The SMILES string of the molecule is Cc1ccc(CNC(=O)[C@@H]2CC(=O)N(Cc3ccco3)C2)cc1. The van der Waals surface area contributed by atoms with Crippen LogP contribution in [-0.2, 0) is 22.7 Å². The number of likely N-dealkylation sites (tertiary alicyclic amines) is 1. The molecule has 1 aromatic heterocycles. The third-order valence-corrected chi connectivity index (χ3v) is 4.10. The number of carbonyl (C=O) groups is 2. The van der Waals surface area contributed by atoms with Crippen molar-refractivity contribution in [2.45, 2.75) is 26.4 Å². The number of nitrogens with zero attached hydrogens (tertiary/aromatic N) is 1. The smallest absolute Gasteiger partial charge is 0.225 e. The Bertz CT molecular complexity index is 677. The van der Waals surface area contributed by atoms with Gasteiger partial charge in [0.2, 0.25) is 11.8 Å². The lowest BCUT2D eigenvalue weighted by Crippen LogP contribution is -2.32. The molecule has 1 saturated heterocycles. The number of hydrogen-bond donors (Lipinski definition) is 1. The molecule has 2 amide bonds. The Kier molecular flexibility index (Phi) is 4.46. The van der Waals surface area contributed by atoms with Crippen molar-refractivity contribution in [3.63, 3.8) is 0 Å². The molecule has 0 spiro atoms. The maximum absolute atomic E-state index is 12.3. The van der Waals surface area contributed by atoms with Crippen LogP contribution >= 0.6 is 0 Å². The standard InChI is InChI=1S/C18H20N2O3/c1-13-4-6-14(7-5-13)10-19-18(22)15-9-17(21)20(11-15)12-16-3-2-8-23-16/h2-8,15H,9-12H2,1H3,(H,19,22)/t15-/m1/s1. The van der Waals surface area contributed by atoms with E-state index in [0.29, 0.717) is 19.6 Å². The highest BCUT2D eigenvalue weighted by Gasteiger charge is 2.34. The minimum absolute atomic E-state index is 0.00288. The van der Waals surface area contributed by atoms with Crippen LogP contribution in [-0.4, -0.2) is 23.3 Å². The van der Waals surface area contributed by atoms with E-state index < -0.39 is 0 Å². The van der Waals surface area contributed by atoms with Gasteiger partial charge >= 0.3 is 0 Å². The molecule has 1 aromatic carbocycles. The number of rotatable bonds is 5. The van der Waals surface area contributed by atoms with Gasteiger partial charge in [-0.25, -0.2) is 0 Å². The Hall–Kier alpha value is -2.56. The first-order valence-electron chi connectivity index (χ1n) is 7.75. The van der Waals surface area contributed by atoms with Crippen LogP contribution < -0.4 is 5.32 Å². The van der Waals surface area contributed by atoms with Crippen LogP contribution in [0.2, 0.25) is 0 Å². The maximum Gasteiger partial charge on any atom is 0.225 e. The van der Waals surface area contributed by atoms with Gasteiger partial charge in [0, 0.05) is 19.5 Å². The minimum atomic E-state index is -0.289. The van der Waals surface area contributed by atoms with Gasteiger partial charge in [-0.1, -0.05) is 29.8 Å². The summed E-state index contributed by atoms with van der Waals surface area (Å²) in [7, 11) is 0. The van der Waals surface area contributed by atoms with Gasteiger partial charge in [-0.15, -0.1) is 0 Å². The number of amides is 2. The zero-order valence-electron chi connectivity index (χ0n) is 13.1. The Balaban J connectivity index is 1.52. The number of benzene rings is 1. The van der Waals surface area contributed by atoms with Crippen molar-refractivity contribution >= 4 is 11.8 Å². The molecule has 1 aliphatic heterocycles. The zero-order valence-corrected chi connectivity index (χ0v) is 13.1. The monoisotopic (exact) mass is 312 g/mol. The van der Waals surface area contributed by atoms with E-state index in [2.05, 4.69) is 5.32 Å². The molecule has 5 nitrogen and oxygen atoms in total. The fourth-order valence-electron chi connectivity index (χ4n) is 2.73. The van der Waals surface area contributed by atoms with Gasteiger partial charge in [-0.05, 0) is 24.6 Å². The summed E-state index contributed by atoms with van der Waals surface area (Å²) in [4.78, 5) is 26.0. The molecule has 1 aliphatic rings. The van der Waals surface area contributed by atoms with Crippen molar-refractivity contribution in [1.82, 2.24) is 10.2 Å². The molecule has 2 aromatic rings. The van der Waals surface area contributed by atoms with Crippen LogP contribution in [0, 0.1) is 12.8 Å². The van der Waals surface area contributed by atoms with Crippen molar-refractivity contribution < 1.29 is 14.0 Å². The van der Waals surface area contributed by atoms with E-state index >= 15 is 0 Å².